The van der Waals surface area contributed by atoms with Crippen LogP contribution in [0, 0.1) is 12.8 Å². The second-order valence-corrected chi connectivity index (χ2v) is 7.15. The number of hydrogen-bond donors (Lipinski definition) is 0. The third-order valence-electron chi connectivity index (χ3n) is 5.88. The first-order valence-corrected chi connectivity index (χ1v) is 8.91. The number of aryl methyl sites for hydroxylation is 1. The fourth-order valence-electron chi connectivity index (χ4n) is 4.58. The van der Waals surface area contributed by atoms with E-state index in [2.05, 4.69) is 9.80 Å². The van der Waals surface area contributed by atoms with Gasteiger partial charge in [0.05, 0.1) is 11.8 Å². The maximum atomic E-state index is 12.8. The lowest BCUT2D eigenvalue weighted by molar-refractivity contribution is 0.0502. The predicted molar refractivity (Wildman–Crippen MR) is 86.4 cm³/mol. The van der Waals surface area contributed by atoms with Crippen molar-refractivity contribution in [3.05, 3.63) is 23.7 Å². The molecule has 4 heterocycles. The van der Waals surface area contributed by atoms with Crippen molar-refractivity contribution in [2.75, 3.05) is 32.8 Å². The number of carbonyl (C=O) groups excluding carboxylic acids is 1. The molecule has 0 unspecified atom stereocenters. The molecular formula is C18H26N2O3. The fraction of sp³-hybridized carbons (Fsp3) is 0.722. The summed E-state index contributed by atoms with van der Waals surface area (Å²) >= 11 is 0. The molecule has 0 saturated carbocycles. The van der Waals surface area contributed by atoms with Gasteiger partial charge < -0.3 is 14.1 Å². The summed E-state index contributed by atoms with van der Waals surface area (Å²) in [5.41, 5.74) is 0.730. The van der Waals surface area contributed by atoms with Crippen LogP contribution in [-0.4, -0.2) is 60.6 Å². The monoisotopic (exact) mass is 318 g/mol. The largest absolute Gasteiger partial charge is 0.469 e. The molecule has 2 atom stereocenters. The number of hydrogen-bond acceptors (Lipinski definition) is 4. The molecule has 23 heavy (non-hydrogen) atoms. The molecule has 0 spiro atoms. The van der Waals surface area contributed by atoms with Crippen LogP contribution in [0.4, 0.5) is 0 Å². The van der Waals surface area contributed by atoms with E-state index in [-0.39, 0.29) is 5.91 Å². The van der Waals surface area contributed by atoms with Crippen molar-refractivity contribution < 1.29 is 13.9 Å². The van der Waals surface area contributed by atoms with Gasteiger partial charge in [0.25, 0.3) is 5.91 Å². The highest BCUT2D eigenvalue weighted by Crippen LogP contribution is 2.34. The molecule has 0 N–H and O–H groups in total. The Bertz CT molecular complexity index is 564. The standard InChI is InChI=1S/C18H26N2O3/c1-13-15(6-11-23-13)18(21)20-8-3-16-17(20)2-7-19(16)12-14-4-9-22-10-5-14/h6,11,14,16-17H,2-5,7-10,12H2,1H3/t16-,17+/m0/s1. The van der Waals surface area contributed by atoms with Crippen molar-refractivity contribution >= 4 is 5.91 Å². The van der Waals surface area contributed by atoms with Crippen molar-refractivity contribution in [2.24, 2.45) is 5.92 Å². The van der Waals surface area contributed by atoms with Gasteiger partial charge in [-0.3, -0.25) is 9.69 Å². The van der Waals surface area contributed by atoms with Gasteiger partial charge in [0.2, 0.25) is 0 Å². The van der Waals surface area contributed by atoms with Crippen molar-refractivity contribution in [1.82, 2.24) is 9.80 Å². The summed E-state index contributed by atoms with van der Waals surface area (Å²) in [4.78, 5) is 17.5. The van der Waals surface area contributed by atoms with Crippen molar-refractivity contribution in [1.29, 1.82) is 0 Å². The zero-order chi connectivity index (χ0) is 15.8. The number of fused-ring (bicyclic) bond motifs is 1. The summed E-state index contributed by atoms with van der Waals surface area (Å²) in [6.07, 6.45) is 6.20. The van der Waals surface area contributed by atoms with E-state index in [1.165, 1.54) is 19.4 Å². The van der Waals surface area contributed by atoms with E-state index >= 15 is 0 Å². The number of nitrogens with zero attached hydrogens (tertiary/aromatic N) is 2. The van der Waals surface area contributed by atoms with E-state index in [9.17, 15) is 4.79 Å². The molecule has 3 aliphatic rings. The molecule has 0 bridgehead atoms. The molecule has 0 aliphatic carbocycles. The first kappa shape index (κ1) is 15.2. The first-order valence-electron chi connectivity index (χ1n) is 8.91. The van der Waals surface area contributed by atoms with Crippen LogP contribution in [0.2, 0.25) is 0 Å². The Hall–Kier alpha value is -1.33. The maximum absolute atomic E-state index is 12.8. The molecule has 4 rings (SSSR count). The Morgan fingerprint density at radius 2 is 1.96 bits per heavy atom. The van der Waals surface area contributed by atoms with Gasteiger partial charge in [-0.1, -0.05) is 0 Å². The third kappa shape index (κ3) is 2.81. The lowest BCUT2D eigenvalue weighted by Gasteiger charge is -2.30. The van der Waals surface area contributed by atoms with Crippen LogP contribution in [0.15, 0.2) is 16.7 Å². The van der Waals surface area contributed by atoms with Crippen molar-refractivity contribution in [3.63, 3.8) is 0 Å². The van der Waals surface area contributed by atoms with Gasteiger partial charge in [0.15, 0.2) is 0 Å². The summed E-state index contributed by atoms with van der Waals surface area (Å²) in [7, 11) is 0. The minimum Gasteiger partial charge on any atom is -0.469 e. The highest BCUT2D eigenvalue weighted by atomic mass is 16.5. The van der Waals surface area contributed by atoms with Gasteiger partial charge >= 0.3 is 0 Å². The van der Waals surface area contributed by atoms with E-state index < -0.39 is 0 Å². The molecule has 5 heteroatoms. The normalized spacial score (nSPS) is 29.2. The average molecular weight is 318 g/mol. The summed E-state index contributed by atoms with van der Waals surface area (Å²) < 4.78 is 10.8. The summed E-state index contributed by atoms with van der Waals surface area (Å²) in [6, 6.07) is 2.74. The average Bonchev–Trinajstić information content (AvgIpc) is 3.25. The topological polar surface area (TPSA) is 45.9 Å². The number of amides is 1. The quantitative estimate of drug-likeness (QED) is 0.858. The molecule has 3 fully saturated rings. The van der Waals surface area contributed by atoms with Gasteiger partial charge in [0, 0.05) is 44.9 Å². The van der Waals surface area contributed by atoms with E-state index in [0.717, 1.165) is 56.4 Å². The minimum atomic E-state index is 0.150. The number of rotatable bonds is 3. The number of furan rings is 1. The number of ether oxygens (including phenoxy) is 1. The van der Waals surface area contributed by atoms with Crippen LogP contribution in [0.3, 0.4) is 0 Å². The molecule has 1 aromatic rings. The molecule has 3 saturated heterocycles. The van der Waals surface area contributed by atoms with Crippen LogP contribution in [0.25, 0.3) is 0 Å². The maximum Gasteiger partial charge on any atom is 0.257 e. The van der Waals surface area contributed by atoms with E-state index in [4.69, 9.17) is 9.15 Å². The summed E-state index contributed by atoms with van der Waals surface area (Å²) in [5.74, 6) is 1.65. The Labute approximate surface area is 137 Å². The molecule has 0 radical (unpaired) electrons. The highest BCUT2D eigenvalue weighted by molar-refractivity contribution is 5.95. The van der Waals surface area contributed by atoms with Gasteiger partial charge in [0.1, 0.15) is 5.76 Å². The van der Waals surface area contributed by atoms with Gasteiger partial charge in [-0.05, 0) is 44.6 Å². The van der Waals surface area contributed by atoms with Gasteiger partial charge in [-0.15, -0.1) is 0 Å². The summed E-state index contributed by atoms with van der Waals surface area (Å²) in [5, 5.41) is 0. The summed E-state index contributed by atoms with van der Waals surface area (Å²) in [6.45, 7) is 6.88. The number of likely N-dealkylation sites (tertiary alicyclic amines) is 2. The zero-order valence-electron chi connectivity index (χ0n) is 13.9. The second-order valence-electron chi connectivity index (χ2n) is 7.15. The smallest absolute Gasteiger partial charge is 0.257 e. The second kappa shape index (κ2) is 6.29. The molecule has 126 valence electrons. The van der Waals surface area contributed by atoms with Crippen molar-refractivity contribution in [2.45, 2.75) is 44.7 Å². The molecular weight excluding hydrogens is 292 g/mol. The molecule has 0 aromatic carbocycles. The first-order chi connectivity index (χ1) is 11.2. The zero-order valence-corrected chi connectivity index (χ0v) is 13.9. The number of carbonyl (C=O) groups is 1. The highest BCUT2D eigenvalue weighted by Gasteiger charge is 2.45. The predicted octanol–water partition coefficient (Wildman–Crippen LogP) is 2.30. The van der Waals surface area contributed by atoms with Crippen molar-refractivity contribution in [3.8, 4) is 0 Å². The van der Waals surface area contributed by atoms with Crippen LogP contribution in [0.5, 0.6) is 0 Å². The Morgan fingerprint density at radius 3 is 2.70 bits per heavy atom. The molecule has 3 aliphatic heterocycles. The van der Waals surface area contributed by atoms with Crippen LogP contribution in [0.1, 0.15) is 41.8 Å². The lowest BCUT2D eigenvalue weighted by atomic mass is 9.99. The van der Waals surface area contributed by atoms with E-state index in [1.807, 2.05) is 6.92 Å². The Balaban J connectivity index is 1.41. The Kier molecular flexibility index (Phi) is 4.16. The molecule has 1 amide bonds. The van der Waals surface area contributed by atoms with E-state index in [0.29, 0.717) is 12.1 Å². The van der Waals surface area contributed by atoms with Crippen LogP contribution < -0.4 is 0 Å². The Morgan fingerprint density at radius 1 is 1.17 bits per heavy atom. The van der Waals surface area contributed by atoms with Crippen LogP contribution in [-0.2, 0) is 4.74 Å². The minimum absolute atomic E-state index is 0.150. The fourth-order valence-corrected chi connectivity index (χ4v) is 4.58. The SMILES string of the molecule is Cc1occc1C(=O)N1CC[C@H]2[C@H]1CCN2CC1CCOCC1. The molecule has 1 aromatic heterocycles. The van der Waals surface area contributed by atoms with Gasteiger partial charge in [-0.25, -0.2) is 0 Å². The van der Waals surface area contributed by atoms with Crippen LogP contribution >= 0.6 is 0 Å². The van der Waals surface area contributed by atoms with E-state index in [1.54, 1.807) is 12.3 Å². The van der Waals surface area contributed by atoms with Gasteiger partial charge in [-0.2, -0.15) is 0 Å². The lowest BCUT2D eigenvalue weighted by Crippen LogP contribution is -2.41. The molecule has 5 nitrogen and oxygen atoms in total. The third-order valence-corrected chi connectivity index (χ3v) is 5.88.